The summed E-state index contributed by atoms with van der Waals surface area (Å²) >= 11 is 0. The lowest BCUT2D eigenvalue weighted by molar-refractivity contribution is 0.812. The van der Waals surface area contributed by atoms with E-state index < -0.39 is 0 Å². The summed E-state index contributed by atoms with van der Waals surface area (Å²) in [4.78, 5) is 16.6. The Balaban J connectivity index is 1.15. The summed E-state index contributed by atoms with van der Waals surface area (Å²) in [6.45, 7) is 1.60. The van der Waals surface area contributed by atoms with Crippen molar-refractivity contribution in [2.75, 3.05) is 4.90 Å². The van der Waals surface area contributed by atoms with Crippen LogP contribution in [0.2, 0.25) is 0 Å². The molecule has 270 valence electrons. The van der Waals surface area contributed by atoms with Crippen LogP contribution in [0.5, 0.6) is 0 Å². The molecule has 0 radical (unpaired) electrons. The van der Waals surface area contributed by atoms with Crippen LogP contribution in [0, 0.1) is 0 Å². The lowest BCUT2D eigenvalue weighted by atomic mass is 9.89. The van der Waals surface area contributed by atoms with Crippen molar-refractivity contribution < 1.29 is 0 Å². The molecule has 1 aliphatic heterocycles. The number of fused-ring (bicyclic) bond motifs is 3. The number of aromatic nitrogens is 3. The van der Waals surface area contributed by atoms with Gasteiger partial charge in [0.25, 0.3) is 0 Å². The molecule has 1 aliphatic rings. The van der Waals surface area contributed by atoms with Crippen LogP contribution in [-0.2, 0) is 13.1 Å². The van der Waals surface area contributed by atoms with E-state index in [0.29, 0.717) is 0 Å². The predicted octanol–water partition coefficient (Wildman–Crippen LogP) is 13.1. The van der Waals surface area contributed by atoms with E-state index in [0.717, 1.165) is 80.1 Å². The number of rotatable bonds is 7. The Bertz CT molecular complexity index is 2530. The summed E-state index contributed by atoms with van der Waals surface area (Å²) in [6.07, 6.45) is 7.52. The average Bonchev–Trinajstić information content (AvgIpc) is 3.46. The van der Waals surface area contributed by atoms with Gasteiger partial charge >= 0.3 is 0 Å². The first kappa shape index (κ1) is 34.1. The summed E-state index contributed by atoms with van der Waals surface area (Å²) < 4.78 is 0. The standard InChI is InChI=1S/C53H38N4/c1-4-12-37(13-5-1)52-31-48(32-53(56-52)38-14-6-2-7-15-38)40-21-23-44-36-57(49-18-8-3-9-19-49)35-43-22-20-39(29-50(43)51(44)30-40)45-26-46(41-16-10-24-54-33-41)28-47(27-45)42-17-11-25-55-34-42/h1-34H,35-36H2. The Morgan fingerprint density at radius 2 is 0.754 bits per heavy atom. The third kappa shape index (κ3) is 7.01. The second-order valence-electron chi connectivity index (χ2n) is 14.6. The van der Waals surface area contributed by atoms with Gasteiger partial charge in [0, 0.05) is 65.8 Å². The maximum Gasteiger partial charge on any atom is 0.0715 e. The highest BCUT2D eigenvalue weighted by atomic mass is 15.1. The summed E-state index contributed by atoms with van der Waals surface area (Å²) in [5.41, 5.74) is 19.4. The molecule has 4 heterocycles. The van der Waals surface area contributed by atoms with Gasteiger partial charge in [0.15, 0.2) is 0 Å². The zero-order valence-corrected chi connectivity index (χ0v) is 31.3. The SMILES string of the molecule is c1ccc(-c2cc(-c3ccc4c(c3)-c3cc(-c5cc(-c6cccnc6)cc(-c6cccnc6)c5)ccc3CN(c3ccccc3)C4)cc(-c3ccccc3)n2)cc1. The predicted molar refractivity (Wildman–Crippen MR) is 234 cm³/mol. The molecular formula is C53H38N4. The molecule has 3 aromatic heterocycles. The van der Waals surface area contributed by atoms with Crippen LogP contribution in [0.25, 0.3) is 78.1 Å². The third-order valence-electron chi connectivity index (χ3n) is 10.9. The van der Waals surface area contributed by atoms with E-state index >= 15 is 0 Å². The van der Waals surface area contributed by atoms with E-state index in [1.165, 1.54) is 27.9 Å². The zero-order chi connectivity index (χ0) is 38.0. The lowest BCUT2D eigenvalue weighted by Crippen LogP contribution is -2.20. The van der Waals surface area contributed by atoms with Crippen LogP contribution in [-0.4, -0.2) is 15.0 Å². The maximum absolute atomic E-state index is 5.17. The summed E-state index contributed by atoms with van der Waals surface area (Å²) in [5.74, 6) is 0. The van der Waals surface area contributed by atoms with Crippen molar-refractivity contribution in [2.45, 2.75) is 13.1 Å². The first-order valence-electron chi connectivity index (χ1n) is 19.4. The molecule has 0 bridgehead atoms. The first-order chi connectivity index (χ1) is 28.2. The van der Waals surface area contributed by atoms with Crippen LogP contribution in [0.15, 0.2) is 207 Å². The summed E-state index contributed by atoms with van der Waals surface area (Å²) in [7, 11) is 0. The van der Waals surface area contributed by atoms with Gasteiger partial charge in [-0.15, -0.1) is 0 Å². The number of benzene rings is 6. The van der Waals surface area contributed by atoms with Crippen LogP contribution in [0.3, 0.4) is 0 Å². The van der Waals surface area contributed by atoms with Gasteiger partial charge in [0.1, 0.15) is 0 Å². The van der Waals surface area contributed by atoms with Crippen molar-refractivity contribution in [1.29, 1.82) is 0 Å². The molecule has 0 fully saturated rings. The number of para-hydroxylation sites is 1. The molecule has 0 spiro atoms. The minimum absolute atomic E-state index is 0.797. The molecule has 0 N–H and O–H groups in total. The molecule has 0 saturated carbocycles. The van der Waals surface area contributed by atoms with E-state index in [-0.39, 0.29) is 0 Å². The van der Waals surface area contributed by atoms with Gasteiger partial charge in [-0.3, -0.25) is 9.97 Å². The molecule has 57 heavy (non-hydrogen) atoms. The molecule has 0 amide bonds. The summed E-state index contributed by atoms with van der Waals surface area (Å²) in [5, 5.41) is 0. The van der Waals surface area contributed by atoms with Crippen molar-refractivity contribution in [3.05, 3.63) is 218 Å². The third-order valence-corrected chi connectivity index (χ3v) is 10.9. The van der Waals surface area contributed by atoms with E-state index in [9.17, 15) is 0 Å². The topological polar surface area (TPSA) is 41.9 Å². The molecule has 10 rings (SSSR count). The van der Waals surface area contributed by atoms with Gasteiger partial charge in [0.2, 0.25) is 0 Å². The van der Waals surface area contributed by atoms with E-state index in [2.05, 4.69) is 185 Å². The highest BCUT2D eigenvalue weighted by Gasteiger charge is 2.22. The molecular weight excluding hydrogens is 693 g/mol. The molecule has 0 saturated heterocycles. The Kier molecular flexibility index (Phi) is 8.98. The van der Waals surface area contributed by atoms with Crippen LogP contribution >= 0.6 is 0 Å². The Labute approximate surface area is 333 Å². The zero-order valence-electron chi connectivity index (χ0n) is 31.3. The number of hydrogen-bond donors (Lipinski definition) is 0. The number of hydrogen-bond acceptors (Lipinski definition) is 4. The van der Waals surface area contributed by atoms with Crippen LogP contribution < -0.4 is 4.90 Å². The molecule has 6 aromatic carbocycles. The van der Waals surface area contributed by atoms with Gasteiger partial charge in [-0.05, 0) is 122 Å². The largest absolute Gasteiger partial charge is 0.363 e. The summed E-state index contributed by atoms with van der Waals surface area (Å²) in [6, 6.07) is 65.3. The molecule has 0 aliphatic carbocycles. The number of pyridine rings is 3. The van der Waals surface area contributed by atoms with Gasteiger partial charge in [-0.1, -0.05) is 115 Å². The van der Waals surface area contributed by atoms with Crippen molar-refractivity contribution in [2.24, 2.45) is 0 Å². The van der Waals surface area contributed by atoms with Gasteiger partial charge in [0.05, 0.1) is 11.4 Å². The Morgan fingerprint density at radius 1 is 0.333 bits per heavy atom. The Hall–Kier alpha value is -7.43. The maximum atomic E-state index is 5.17. The monoisotopic (exact) mass is 730 g/mol. The fraction of sp³-hybridized carbons (Fsp3) is 0.0377. The van der Waals surface area contributed by atoms with Crippen molar-refractivity contribution in [1.82, 2.24) is 15.0 Å². The van der Waals surface area contributed by atoms with E-state index in [1.54, 1.807) is 0 Å². The van der Waals surface area contributed by atoms with Gasteiger partial charge < -0.3 is 4.90 Å². The van der Waals surface area contributed by atoms with Crippen molar-refractivity contribution in [3.8, 4) is 78.1 Å². The number of nitrogens with zero attached hydrogens (tertiary/aromatic N) is 4. The molecule has 0 atom stereocenters. The van der Waals surface area contributed by atoms with Crippen LogP contribution in [0.1, 0.15) is 11.1 Å². The van der Waals surface area contributed by atoms with Gasteiger partial charge in [-0.2, -0.15) is 0 Å². The highest BCUT2D eigenvalue weighted by Crippen LogP contribution is 2.41. The smallest absolute Gasteiger partial charge is 0.0715 e. The van der Waals surface area contributed by atoms with E-state index in [4.69, 9.17) is 4.98 Å². The van der Waals surface area contributed by atoms with Crippen LogP contribution in [0.4, 0.5) is 5.69 Å². The minimum Gasteiger partial charge on any atom is -0.363 e. The number of anilines is 1. The molecule has 9 aromatic rings. The normalized spacial score (nSPS) is 12.0. The van der Waals surface area contributed by atoms with Gasteiger partial charge in [-0.25, -0.2) is 4.98 Å². The molecule has 0 unspecified atom stereocenters. The minimum atomic E-state index is 0.797. The highest BCUT2D eigenvalue weighted by molar-refractivity contribution is 5.86. The van der Waals surface area contributed by atoms with E-state index in [1.807, 2.05) is 36.9 Å². The second-order valence-corrected chi connectivity index (χ2v) is 14.6. The first-order valence-corrected chi connectivity index (χ1v) is 19.4. The van der Waals surface area contributed by atoms with Crippen molar-refractivity contribution >= 4 is 5.69 Å². The average molecular weight is 731 g/mol. The molecule has 4 nitrogen and oxygen atoms in total. The second kappa shape index (κ2) is 15.0. The quantitative estimate of drug-likeness (QED) is 0.164. The Morgan fingerprint density at radius 3 is 1.21 bits per heavy atom. The fourth-order valence-corrected chi connectivity index (χ4v) is 7.98. The van der Waals surface area contributed by atoms with Crippen molar-refractivity contribution in [3.63, 3.8) is 0 Å². The molecule has 4 heteroatoms. The lowest BCUT2D eigenvalue weighted by Gasteiger charge is -2.24. The fourth-order valence-electron chi connectivity index (χ4n) is 7.98.